The highest BCUT2D eigenvalue weighted by Gasteiger charge is 2.20. The molecule has 0 radical (unpaired) electrons. The van der Waals surface area contributed by atoms with Crippen LogP contribution in [-0.2, 0) is 7.05 Å². The number of aromatic nitrogens is 2. The molecule has 1 aromatic rings. The maximum absolute atomic E-state index is 4.15. The van der Waals surface area contributed by atoms with Gasteiger partial charge in [0.15, 0.2) is 0 Å². The second kappa shape index (κ2) is 2.93. The van der Waals surface area contributed by atoms with E-state index in [0.29, 0.717) is 0 Å². The summed E-state index contributed by atoms with van der Waals surface area (Å²) in [5.41, 5.74) is 1.22. The molecule has 1 aromatic heterocycles. The maximum Gasteiger partial charge on any atom is 0.147 e. The lowest BCUT2D eigenvalue weighted by Crippen LogP contribution is -2.43. The van der Waals surface area contributed by atoms with Crippen LogP contribution in [0, 0.1) is 0 Å². The van der Waals surface area contributed by atoms with E-state index in [1.54, 1.807) is 0 Å². The van der Waals surface area contributed by atoms with Crippen molar-refractivity contribution >= 4 is 13.9 Å². The van der Waals surface area contributed by atoms with Crippen LogP contribution in [0.5, 0.6) is 0 Å². The quantitative estimate of drug-likeness (QED) is 0.651. The summed E-state index contributed by atoms with van der Waals surface area (Å²) >= 11 is 0. The van der Waals surface area contributed by atoms with Crippen LogP contribution in [0.2, 0.25) is 19.6 Å². The molecule has 0 aliphatic carbocycles. The zero-order valence-corrected chi connectivity index (χ0v) is 9.50. The minimum Gasteiger partial charge on any atom is -0.398 e. The van der Waals surface area contributed by atoms with Gasteiger partial charge >= 0.3 is 0 Å². The molecule has 0 unspecified atom stereocenters. The van der Waals surface area contributed by atoms with Crippen molar-refractivity contribution in [3.63, 3.8) is 0 Å². The predicted octanol–water partition coefficient (Wildman–Crippen LogP) is 1.69. The Bertz CT molecular complexity index is 262. The van der Waals surface area contributed by atoms with Crippen LogP contribution in [0.15, 0.2) is 12.4 Å². The molecule has 3 nitrogen and oxygen atoms in total. The number of nitrogens with zero attached hydrogens (tertiary/aromatic N) is 3. The fraction of sp³-hybridized carbons (Fsp3) is 0.625. The molecule has 68 valence electrons. The molecule has 4 heteroatoms. The van der Waals surface area contributed by atoms with Gasteiger partial charge in [0.25, 0.3) is 0 Å². The summed E-state index contributed by atoms with van der Waals surface area (Å²) < 4.78 is 4.19. The van der Waals surface area contributed by atoms with Gasteiger partial charge in [-0.3, -0.25) is 4.68 Å². The average Bonchev–Trinajstić information content (AvgIpc) is 2.32. The van der Waals surface area contributed by atoms with Gasteiger partial charge in [0.2, 0.25) is 0 Å². The van der Waals surface area contributed by atoms with Crippen LogP contribution in [-0.4, -0.2) is 25.1 Å². The second-order valence-corrected chi connectivity index (χ2v) is 9.11. The van der Waals surface area contributed by atoms with Crippen LogP contribution in [0.25, 0.3) is 0 Å². The molecule has 0 saturated heterocycles. The third-order valence-corrected chi connectivity index (χ3v) is 4.36. The Balaban J connectivity index is 2.85. The smallest absolute Gasteiger partial charge is 0.147 e. The first-order chi connectivity index (χ1) is 5.41. The molecule has 1 rings (SSSR count). The van der Waals surface area contributed by atoms with E-state index in [1.807, 2.05) is 17.9 Å². The first kappa shape index (κ1) is 9.32. The maximum atomic E-state index is 4.15. The minimum atomic E-state index is -1.21. The van der Waals surface area contributed by atoms with Crippen molar-refractivity contribution in [2.75, 3.05) is 11.6 Å². The molecule has 0 aromatic carbocycles. The molecule has 0 atom stereocenters. The zero-order valence-electron chi connectivity index (χ0n) is 8.50. The molecule has 0 bridgehead atoms. The highest BCUT2D eigenvalue weighted by molar-refractivity contribution is 6.79. The average molecular weight is 183 g/mol. The first-order valence-electron chi connectivity index (χ1n) is 4.14. The molecule has 0 aliphatic heterocycles. The van der Waals surface area contributed by atoms with Crippen molar-refractivity contribution in [2.24, 2.45) is 7.05 Å². The van der Waals surface area contributed by atoms with Crippen LogP contribution >= 0.6 is 0 Å². The Labute approximate surface area is 75.1 Å². The van der Waals surface area contributed by atoms with Gasteiger partial charge in [-0.15, -0.1) is 0 Å². The van der Waals surface area contributed by atoms with Crippen molar-refractivity contribution in [3.05, 3.63) is 12.4 Å². The van der Waals surface area contributed by atoms with E-state index in [4.69, 9.17) is 0 Å². The van der Waals surface area contributed by atoms with Gasteiger partial charge in [-0.2, -0.15) is 5.10 Å². The summed E-state index contributed by atoms with van der Waals surface area (Å²) in [6.07, 6.45) is 3.97. The van der Waals surface area contributed by atoms with Gasteiger partial charge in [0.1, 0.15) is 8.24 Å². The lowest BCUT2D eigenvalue weighted by atomic mass is 10.6. The van der Waals surface area contributed by atoms with E-state index in [-0.39, 0.29) is 0 Å². The molecule has 1 heterocycles. The van der Waals surface area contributed by atoms with Crippen molar-refractivity contribution in [1.29, 1.82) is 0 Å². The fourth-order valence-corrected chi connectivity index (χ4v) is 1.86. The molecular weight excluding hydrogens is 166 g/mol. The fourth-order valence-electron chi connectivity index (χ4n) is 0.969. The normalized spacial score (nSPS) is 11.8. The minimum absolute atomic E-state index is 1.21. The summed E-state index contributed by atoms with van der Waals surface area (Å²) in [4.78, 5) is 0. The molecule has 0 amide bonds. The third-order valence-electron chi connectivity index (χ3n) is 2.08. The van der Waals surface area contributed by atoms with Crippen LogP contribution < -0.4 is 4.57 Å². The van der Waals surface area contributed by atoms with E-state index in [9.17, 15) is 0 Å². The summed E-state index contributed by atoms with van der Waals surface area (Å²) in [5.74, 6) is 0. The predicted molar refractivity (Wildman–Crippen MR) is 55.0 cm³/mol. The van der Waals surface area contributed by atoms with Crippen LogP contribution in [0.4, 0.5) is 5.69 Å². The van der Waals surface area contributed by atoms with Crippen molar-refractivity contribution in [1.82, 2.24) is 9.78 Å². The summed E-state index contributed by atoms with van der Waals surface area (Å²) in [7, 11) is 2.88. The van der Waals surface area contributed by atoms with Gasteiger partial charge in [0.05, 0.1) is 11.9 Å². The second-order valence-electron chi connectivity index (χ2n) is 4.10. The van der Waals surface area contributed by atoms with E-state index in [0.717, 1.165) is 0 Å². The van der Waals surface area contributed by atoms with E-state index in [1.165, 1.54) is 5.69 Å². The number of hydrogen-bond donors (Lipinski definition) is 0. The van der Waals surface area contributed by atoms with E-state index >= 15 is 0 Å². The van der Waals surface area contributed by atoms with Gasteiger partial charge < -0.3 is 4.57 Å². The van der Waals surface area contributed by atoms with Gasteiger partial charge in [-0.05, 0) is 7.05 Å². The summed E-state index contributed by atoms with van der Waals surface area (Å²) in [5, 5.41) is 4.15. The number of aryl methyl sites for hydroxylation is 1. The summed E-state index contributed by atoms with van der Waals surface area (Å²) in [6, 6.07) is 0. The van der Waals surface area contributed by atoms with Crippen molar-refractivity contribution in [3.8, 4) is 0 Å². The third kappa shape index (κ3) is 1.88. The molecule has 0 fully saturated rings. The molecule has 0 aliphatic rings. The molecule has 0 N–H and O–H groups in total. The Morgan fingerprint density at radius 3 is 2.33 bits per heavy atom. The van der Waals surface area contributed by atoms with E-state index < -0.39 is 8.24 Å². The van der Waals surface area contributed by atoms with Crippen molar-refractivity contribution in [2.45, 2.75) is 19.6 Å². The Hall–Kier alpha value is -0.773. The lowest BCUT2D eigenvalue weighted by molar-refractivity contribution is 0.768. The number of anilines is 1. The Morgan fingerprint density at radius 1 is 1.42 bits per heavy atom. The number of rotatable bonds is 2. The van der Waals surface area contributed by atoms with Gasteiger partial charge in [0, 0.05) is 13.2 Å². The van der Waals surface area contributed by atoms with Crippen LogP contribution in [0.3, 0.4) is 0 Å². The van der Waals surface area contributed by atoms with Gasteiger partial charge in [-0.25, -0.2) is 0 Å². The summed E-state index contributed by atoms with van der Waals surface area (Å²) in [6.45, 7) is 6.96. The molecular formula is C8H17N3Si. The topological polar surface area (TPSA) is 21.1 Å². The molecule has 0 saturated carbocycles. The molecule has 12 heavy (non-hydrogen) atoms. The first-order valence-corrected chi connectivity index (χ1v) is 7.58. The Morgan fingerprint density at radius 2 is 2.00 bits per heavy atom. The highest BCUT2D eigenvalue weighted by atomic mass is 28.3. The van der Waals surface area contributed by atoms with E-state index in [2.05, 4.69) is 42.5 Å². The lowest BCUT2D eigenvalue weighted by Gasteiger charge is -2.30. The van der Waals surface area contributed by atoms with Gasteiger partial charge in [-0.1, -0.05) is 19.6 Å². The largest absolute Gasteiger partial charge is 0.398 e. The monoisotopic (exact) mass is 183 g/mol. The zero-order chi connectivity index (χ0) is 9.35. The molecule has 0 spiro atoms. The SMILES string of the molecule is CN(c1cnn(C)c1)[Si](C)(C)C. The number of hydrogen-bond acceptors (Lipinski definition) is 2. The van der Waals surface area contributed by atoms with Crippen molar-refractivity contribution < 1.29 is 0 Å². The van der Waals surface area contributed by atoms with Crippen LogP contribution in [0.1, 0.15) is 0 Å². The Kier molecular flexibility index (Phi) is 2.28. The highest BCUT2D eigenvalue weighted by Crippen LogP contribution is 2.17. The standard InChI is InChI=1S/C8H17N3Si/c1-10-7-8(6-9-10)11(2)12(3,4)5/h6-7H,1-5H3.